The number of carbonyl (C=O) groups excluding carboxylic acids is 1. The number of piperidine rings is 1. The van der Waals surface area contributed by atoms with Gasteiger partial charge >= 0.3 is 0 Å². The Hall–Kier alpha value is -0.950. The van der Waals surface area contributed by atoms with Gasteiger partial charge in [-0.15, -0.1) is 11.3 Å². The molecule has 1 aliphatic heterocycles. The molecule has 22 heavy (non-hydrogen) atoms. The van der Waals surface area contributed by atoms with Gasteiger partial charge in [-0.2, -0.15) is 0 Å². The fraction of sp³-hybridized carbons (Fsp3) is 0.733. The number of nitrogens with zero attached hydrogens (tertiary/aromatic N) is 2. The lowest BCUT2D eigenvalue weighted by Crippen LogP contribution is -2.42. The summed E-state index contributed by atoms with van der Waals surface area (Å²) in [4.78, 5) is 18.6. The van der Waals surface area contributed by atoms with E-state index in [0.717, 1.165) is 23.5 Å². The molecular weight excluding hydrogens is 320 g/mol. The summed E-state index contributed by atoms with van der Waals surface area (Å²) in [5.74, 6) is 0.0127. The van der Waals surface area contributed by atoms with Crippen LogP contribution in [0.3, 0.4) is 0 Å². The second kappa shape index (κ2) is 7.08. The summed E-state index contributed by atoms with van der Waals surface area (Å²) < 4.78 is 23.2. The molecule has 1 aliphatic rings. The average Bonchev–Trinajstić information content (AvgIpc) is 2.97. The number of thiazole rings is 1. The molecule has 5 nitrogen and oxygen atoms in total. The topological polar surface area (TPSA) is 67.3 Å². The first-order valence-electron chi connectivity index (χ1n) is 7.76. The van der Waals surface area contributed by atoms with Crippen LogP contribution >= 0.6 is 11.3 Å². The lowest BCUT2D eigenvalue weighted by Gasteiger charge is -2.31. The number of sulfone groups is 1. The second-order valence-corrected chi connectivity index (χ2v) is 9.36. The molecule has 1 atom stereocenters. The van der Waals surface area contributed by atoms with E-state index in [2.05, 4.69) is 24.2 Å². The van der Waals surface area contributed by atoms with Crippen molar-refractivity contribution in [2.24, 2.45) is 0 Å². The van der Waals surface area contributed by atoms with Crippen LogP contribution in [0.4, 0.5) is 0 Å². The quantitative estimate of drug-likeness (QED) is 0.822. The van der Waals surface area contributed by atoms with E-state index in [1.807, 2.05) is 0 Å². The zero-order chi connectivity index (χ0) is 16.3. The first-order chi connectivity index (χ1) is 10.3. The molecule has 7 heteroatoms. The highest BCUT2D eigenvalue weighted by Gasteiger charge is 2.28. The third kappa shape index (κ3) is 4.29. The van der Waals surface area contributed by atoms with Crippen molar-refractivity contribution in [2.45, 2.75) is 45.4 Å². The van der Waals surface area contributed by atoms with Crippen molar-refractivity contribution in [1.29, 1.82) is 0 Å². The van der Waals surface area contributed by atoms with E-state index in [1.54, 1.807) is 23.2 Å². The van der Waals surface area contributed by atoms with Gasteiger partial charge in [-0.25, -0.2) is 13.4 Å². The first-order valence-corrected chi connectivity index (χ1v) is 10.5. The van der Waals surface area contributed by atoms with Crippen LogP contribution < -0.4 is 0 Å². The van der Waals surface area contributed by atoms with E-state index in [0.29, 0.717) is 19.0 Å². The van der Waals surface area contributed by atoms with Crippen LogP contribution in [0, 0.1) is 0 Å². The fourth-order valence-electron chi connectivity index (χ4n) is 2.54. The first kappa shape index (κ1) is 17.4. The second-order valence-electron chi connectivity index (χ2n) is 6.12. The van der Waals surface area contributed by atoms with Crippen molar-refractivity contribution in [2.75, 3.05) is 24.6 Å². The normalized spacial score (nSPS) is 19.6. The third-order valence-corrected chi connectivity index (χ3v) is 6.63. The largest absolute Gasteiger partial charge is 0.341 e. The van der Waals surface area contributed by atoms with Crippen LogP contribution in [0.1, 0.15) is 56.2 Å². The molecule has 1 saturated heterocycles. The minimum absolute atomic E-state index is 0.0141. The van der Waals surface area contributed by atoms with Gasteiger partial charge in [0, 0.05) is 30.1 Å². The zero-order valence-electron chi connectivity index (χ0n) is 13.4. The van der Waals surface area contributed by atoms with Gasteiger partial charge in [0.2, 0.25) is 5.91 Å². The van der Waals surface area contributed by atoms with Crippen LogP contribution in [0.2, 0.25) is 0 Å². The fourth-order valence-corrected chi connectivity index (χ4v) is 4.41. The van der Waals surface area contributed by atoms with E-state index in [1.165, 1.54) is 0 Å². The monoisotopic (exact) mass is 344 g/mol. The van der Waals surface area contributed by atoms with Gasteiger partial charge in [0.15, 0.2) is 9.84 Å². The van der Waals surface area contributed by atoms with Gasteiger partial charge in [-0.1, -0.05) is 20.8 Å². The molecule has 1 aromatic heterocycles. The summed E-state index contributed by atoms with van der Waals surface area (Å²) in [6.07, 6.45) is 1.91. The molecule has 0 radical (unpaired) electrons. The van der Waals surface area contributed by atoms with Crippen LogP contribution in [-0.4, -0.2) is 48.8 Å². The van der Waals surface area contributed by atoms with Gasteiger partial charge in [-0.3, -0.25) is 4.79 Å². The van der Waals surface area contributed by atoms with E-state index in [-0.39, 0.29) is 23.3 Å². The van der Waals surface area contributed by atoms with Crippen LogP contribution in [0.15, 0.2) is 5.38 Å². The number of hydrogen-bond acceptors (Lipinski definition) is 5. The van der Waals surface area contributed by atoms with E-state index in [4.69, 9.17) is 0 Å². The van der Waals surface area contributed by atoms with Crippen molar-refractivity contribution in [3.05, 3.63) is 16.1 Å². The molecule has 0 bridgehead atoms. The molecule has 1 fully saturated rings. The van der Waals surface area contributed by atoms with Crippen LogP contribution in [-0.2, 0) is 14.6 Å². The molecule has 0 aliphatic carbocycles. The summed E-state index contributed by atoms with van der Waals surface area (Å²) >= 11 is 1.65. The summed E-state index contributed by atoms with van der Waals surface area (Å²) in [5, 5.41) is 3.15. The minimum Gasteiger partial charge on any atom is -0.341 e. The Bertz CT molecular complexity index is 622. The standard InChI is InChI=1S/C15H24N2O3S2/c1-4-22(19,20)10-14(18)17-7-5-6-12(8-17)15-16-13(9-21-15)11(2)3/h9,11-12H,4-8,10H2,1-3H3/t12-/m1/s1. The molecule has 0 N–H and O–H groups in total. The molecule has 0 unspecified atom stereocenters. The van der Waals surface area contributed by atoms with Crippen molar-refractivity contribution in [1.82, 2.24) is 9.88 Å². The predicted molar refractivity (Wildman–Crippen MR) is 89.1 cm³/mol. The number of hydrogen-bond donors (Lipinski definition) is 0. The summed E-state index contributed by atoms with van der Waals surface area (Å²) in [6, 6.07) is 0. The highest BCUT2D eigenvalue weighted by molar-refractivity contribution is 7.92. The molecule has 0 spiro atoms. The van der Waals surface area contributed by atoms with E-state index >= 15 is 0 Å². The summed E-state index contributed by atoms with van der Waals surface area (Å²) in [6.45, 7) is 7.04. The molecule has 1 aromatic rings. The van der Waals surface area contributed by atoms with Crippen molar-refractivity contribution < 1.29 is 13.2 Å². The Balaban J connectivity index is 2.03. The predicted octanol–water partition coefficient (Wildman–Crippen LogP) is 2.41. The Labute approximate surface area is 136 Å². The van der Waals surface area contributed by atoms with Gasteiger partial charge in [0.25, 0.3) is 0 Å². The van der Waals surface area contributed by atoms with E-state index < -0.39 is 9.84 Å². The van der Waals surface area contributed by atoms with Gasteiger partial charge < -0.3 is 4.90 Å². The highest BCUT2D eigenvalue weighted by Crippen LogP contribution is 2.30. The molecule has 0 saturated carbocycles. The average molecular weight is 345 g/mol. The lowest BCUT2D eigenvalue weighted by atomic mass is 9.98. The molecule has 1 amide bonds. The Kier molecular flexibility index (Phi) is 5.60. The number of likely N-dealkylation sites (tertiary alicyclic amines) is 1. The maximum atomic E-state index is 12.2. The zero-order valence-corrected chi connectivity index (χ0v) is 15.0. The Morgan fingerprint density at radius 2 is 2.23 bits per heavy atom. The number of carbonyl (C=O) groups is 1. The highest BCUT2D eigenvalue weighted by atomic mass is 32.2. The van der Waals surface area contributed by atoms with E-state index in [9.17, 15) is 13.2 Å². The summed E-state index contributed by atoms with van der Waals surface area (Å²) in [5.41, 5.74) is 1.09. The van der Waals surface area contributed by atoms with Crippen LogP contribution in [0.5, 0.6) is 0 Å². The summed E-state index contributed by atoms with van der Waals surface area (Å²) in [7, 11) is -3.26. The van der Waals surface area contributed by atoms with Gasteiger partial charge in [-0.05, 0) is 18.8 Å². The van der Waals surface area contributed by atoms with Gasteiger partial charge in [0.05, 0.1) is 10.7 Å². The maximum absolute atomic E-state index is 12.2. The van der Waals surface area contributed by atoms with Crippen molar-refractivity contribution in [3.63, 3.8) is 0 Å². The van der Waals surface area contributed by atoms with Gasteiger partial charge in [0.1, 0.15) is 5.75 Å². The lowest BCUT2D eigenvalue weighted by molar-refractivity contribution is -0.129. The maximum Gasteiger partial charge on any atom is 0.237 e. The molecule has 2 rings (SSSR count). The molecule has 0 aromatic carbocycles. The molecule has 124 valence electrons. The third-order valence-electron chi connectivity index (χ3n) is 4.04. The SMILES string of the molecule is CCS(=O)(=O)CC(=O)N1CCC[C@@H](c2nc(C(C)C)cs2)C1. The van der Waals surface area contributed by atoms with Crippen molar-refractivity contribution >= 4 is 27.1 Å². The molecule has 2 heterocycles. The number of amides is 1. The van der Waals surface area contributed by atoms with Crippen LogP contribution in [0.25, 0.3) is 0 Å². The molecular formula is C15H24N2O3S2. The Morgan fingerprint density at radius 3 is 2.82 bits per heavy atom. The number of rotatable bonds is 5. The number of aromatic nitrogens is 1. The van der Waals surface area contributed by atoms with Crippen molar-refractivity contribution in [3.8, 4) is 0 Å². The Morgan fingerprint density at radius 1 is 1.50 bits per heavy atom. The smallest absolute Gasteiger partial charge is 0.237 e. The minimum atomic E-state index is -3.26.